The number of aromatic amines is 1. The molecule has 0 unspecified atom stereocenters. The van der Waals surface area contributed by atoms with Crippen LogP contribution >= 0.6 is 11.3 Å². The van der Waals surface area contributed by atoms with Crippen molar-refractivity contribution in [2.75, 3.05) is 0 Å². The molecule has 2 aromatic carbocycles. The molecule has 4 heterocycles. The van der Waals surface area contributed by atoms with Crippen molar-refractivity contribution in [2.45, 2.75) is 6.92 Å². The van der Waals surface area contributed by atoms with E-state index >= 15 is 0 Å². The van der Waals surface area contributed by atoms with Gasteiger partial charge in [0.15, 0.2) is 5.65 Å². The highest BCUT2D eigenvalue weighted by molar-refractivity contribution is 7.23. The second kappa shape index (κ2) is 4.93. The number of imidazole rings is 1. The van der Waals surface area contributed by atoms with Gasteiger partial charge in [-0.15, -0.1) is 11.3 Å². The monoisotopic (exact) mass is 355 g/mol. The van der Waals surface area contributed by atoms with Crippen LogP contribution in [0.4, 0.5) is 0 Å². The first-order valence-electron chi connectivity index (χ1n) is 8.41. The molecular weight excluding hydrogens is 342 g/mol. The number of thiophene rings is 1. The minimum atomic E-state index is 0.762. The molecule has 0 fully saturated rings. The van der Waals surface area contributed by atoms with E-state index in [0.717, 1.165) is 38.9 Å². The number of benzene rings is 2. The van der Waals surface area contributed by atoms with E-state index in [4.69, 9.17) is 4.42 Å². The molecule has 0 aliphatic heterocycles. The Labute approximate surface area is 152 Å². The van der Waals surface area contributed by atoms with Crippen LogP contribution in [0, 0.1) is 6.92 Å². The Morgan fingerprint density at radius 2 is 1.88 bits per heavy atom. The van der Waals surface area contributed by atoms with E-state index in [1.54, 1.807) is 17.6 Å². The van der Waals surface area contributed by atoms with E-state index in [-0.39, 0.29) is 0 Å². The highest BCUT2D eigenvalue weighted by atomic mass is 32.1. The first-order valence-corrected chi connectivity index (χ1v) is 9.23. The lowest BCUT2D eigenvalue weighted by molar-refractivity contribution is 0.619. The highest BCUT2D eigenvalue weighted by Crippen LogP contribution is 2.39. The van der Waals surface area contributed by atoms with Crippen LogP contribution in [-0.4, -0.2) is 15.0 Å². The van der Waals surface area contributed by atoms with Crippen molar-refractivity contribution >= 4 is 54.3 Å². The molecule has 4 nitrogen and oxygen atoms in total. The van der Waals surface area contributed by atoms with Crippen molar-refractivity contribution in [3.8, 4) is 10.4 Å². The number of nitrogens with one attached hydrogen (secondary N) is 1. The van der Waals surface area contributed by atoms with Gasteiger partial charge in [-0.3, -0.25) is 0 Å². The predicted molar refractivity (Wildman–Crippen MR) is 107 cm³/mol. The van der Waals surface area contributed by atoms with E-state index in [1.165, 1.54) is 20.3 Å². The van der Waals surface area contributed by atoms with Gasteiger partial charge in [0.05, 0.1) is 11.8 Å². The minimum Gasteiger partial charge on any atom is -0.464 e. The largest absolute Gasteiger partial charge is 0.464 e. The number of H-pyrrole nitrogens is 1. The molecule has 0 spiro atoms. The molecule has 0 aliphatic rings. The summed E-state index contributed by atoms with van der Waals surface area (Å²) in [5.41, 5.74) is 3.79. The number of hydrogen-bond acceptors (Lipinski definition) is 4. The van der Waals surface area contributed by atoms with Crippen LogP contribution in [0.1, 0.15) is 5.82 Å². The number of hydrogen-bond donors (Lipinski definition) is 1. The van der Waals surface area contributed by atoms with Crippen LogP contribution in [0.3, 0.4) is 0 Å². The Bertz CT molecular complexity index is 1450. The van der Waals surface area contributed by atoms with Crippen molar-refractivity contribution in [3.05, 3.63) is 60.7 Å². The lowest BCUT2D eigenvalue weighted by Crippen LogP contribution is -1.79. The molecule has 0 saturated carbocycles. The molecule has 0 aliphatic carbocycles. The predicted octanol–water partition coefficient (Wildman–Crippen LogP) is 6.05. The number of aryl methyl sites for hydroxylation is 1. The maximum Gasteiger partial charge on any atom is 0.177 e. The molecule has 0 bridgehead atoms. The summed E-state index contributed by atoms with van der Waals surface area (Å²) in [6.45, 7) is 1.95. The van der Waals surface area contributed by atoms with Gasteiger partial charge in [0, 0.05) is 37.5 Å². The standard InChI is InChI=1S/C21H13N3OS/c1-11-23-17-8-14(10-22-21(17)24-11)18-9-13-3-4-15-16(20(13)26-18)5-2-12-6-7-25-19(12)15/h2-10H,1H3,(H,22,23,24). The molecule has 6 rings (SSSR count). The molecule has 5 heteroatoms. The fourth-order valence-electron chi connectivity index (χ4n) is 3.63. The second-order valence-corrected chi connectivity index (χ2v) is 7.56. The second-order valence-electron chi connectivity index (χ2n) is 6.51. The molecule has 4 aromatic heterocycles. The number of rotatable bonds is 1. The number of fused-ring (bicyclic) bond motifs is 6. The zero-order chi connectivity index (χ0) is 17.3. The average molecular weight is 355 g/mol. The summed E-state index contributed by atoms with van der Waals surface area (Å²) in [5.74, 6) is 0.884. The molecule has 124 valence electrons. The number of nitrogens with zero attached hydrogens (tertiary/aromatic N) is 2. The smallest absolute Gasteiger partial charge is 0.177 e. The summed E-state index contributed by atoms with van der Waals surface area (Å²) in [7, 11) is 0. The third kappa shape index (κ3) is 1.89. The zero-order valence-electron chi connectivity index (χ0n) is 13.9. The normalized spacial score (nSPS) is 12.0. The minimum absolute atomic E-state index is 0.762. The average Bonchev–Trinajstić information content (AvgIpc) is 3.36. The van der Waals surface area contributed by atoms with Crippen LogP contribution in [0.25, 0.3) is 53.4 Å². The number of aromatic nitrogens is 3. The molecule has 0 radical (unpaired) electrons. The first kappa shape index (κ1) is 14.0. The summed E-state index contributed by atoms with van der Waals surface area (Å²) in [6.07, 6.45) is 3.65. The highest BCUT2D eigenvalue weighted by Gasteiger charge is 2.12. The molecular formula is C21H13N3OS. The van der Waals surface area contributed by atoms with Gasteiger partial charge in [-0.1, -0.05) is 18.2 Å². The van der Waals surface area contributed by atoms with Gasteiger partial charge < -0.3 is 9.40 Å². The van der Waals surface area contributed by atoms with Gasteiger partial charge in [0.1, 0.15) is 11.4 Å². The van der Waals surface area contributed by atoms with E-state index in [2.05, 4.69) is 51.4 Å². The Kier molecular flexibility index (Phi) is 2.66. The molecule has 0 atom stereocenters. The van der Waals surface area contributed by atoms with Crippen LogP contribution in [0.5, 0.6) is 0 Å². The van der Waals surface area contributed by atoms with Crippen molar-refractivity contribution in [1.29, 1.82) is 0 Å². The fraction of sp³-hybridized carbons (Fsp3) is 0.0476. The molecule has 26 heavy (non-hydrogen) atoms. The number of pyridine rings is 1. The lowest BCUT2D eigenvalue weighted by Gasteiger charge is -2.00. The van der Waals surface area contributed by atoms with Gasteiger partial charge in [-0.25, -0.2) is 9.97 Å². The van der Waals surface area contributed by atoms with Crippen molar-refractivity contribution < 1.29 is 4.42 Å². The summed E-state index contributed by atoms with van der Waals surface area (Å²) < 4.78 is 6.98. The summed E-state index contributed by atoms with van der Waals surface area (Å²) >= 11 is 1.79. The van der Waals surface area contributed by atoms with Crippen molar-refractivity contribution in [2.24, 2.45) is 0 Å². The van der Waals surface area contributed by atoms with Crippen molar-refractivity contribution in [1.82, 2.24) is 15.0 Å². The summed E-state index contributed by atoms with van der Waals surface area (Å²) in [6, 6.07) is 15.0. The van der Waals surface area contributed by atoms with Crippen LogP contribution in [0.15, 0.2) is 59.3 Å². The van der Waals surface area contributed by atoms with Gasteiger partial charge >= 0.3 is 0 Å². The molecule has 0 amide bonds. The topological polar surface area (TPSA) is 54.7 Å². The van der Waals surface area contributed by atoms with Crippen molar-refractivity contribution in [3.63, 3.8) is 0 Å². The van der Waals surface area contributed by atoms with Gasteiger partial charge in [-0.2, -0.15) is 0 Å². The third-order valence-corrected chi connectivity index (χ3v) is 6.07. The Morgan fingerprint density at radius 3 is 2.85 bits per heavy atom. The summed E-state index contributed by atoms with van der Waals surface area (Å²) in [4.78, 5) is 13.3. The van der Waals surface area contributed by atoms with E-state index in [0.29, 0.717) is 0 Å². The fourth-order valence-corrected chi connectivity index (χ4v) is 4.80. The molecule has 6 aromatic rings. The molecule has 0 saturated heterocycles. The van der Waals surface area contributed by atoms with E-state index in [9.17, 15) is 0 Å². The maximum absolute atomic E-state index is 5.71. The van der Waals surface area contributed by atoms with Gasteiger partial charge in [0.25, 0.3) is 0 Å². The zero-order valence-corrected chi connectivity index (χ0v) is 14.7. The first-order chi connectivity index (χ1) is 12.8. The maximum atomic E-state index is 5.71. The lowest BCUT2D eigenvalue weighted by atomic mass is 10.1. The van der Waals surface area contributed by atoms with Crippen LogP contribution in [0.2, 0.25) is 0 Å². The summed E-state index contributed by atoms with van der Waals surface area (Å²) in [5, 5.41) is 4.76. The SMILES string of the molecule is Cc1nc2ncc(-c3cc4ccc5c(ccc6ccoc65)c4s3)cc2[nH]1. The third-order valence-electron chi connectivity index (χ3n) is 4.84. The van der Waals surface area contributed by atoms with Gasteiger partial charge in [0.2, 0.25) is 0 Å². The quantitative estimate of drug-likeness (QED) is 0.391. The van der Waals surface area contributed by atoms with Gasteiger partial charge in [-0.05, 0) is 36.6 Å². The Hall–Kier alpha value is -3.18. The Balaban J connectivity index is 1.62. The van der Waals surface area contributed by atoms with E-state index < -0.39 is 0 Å². The van der Waals surface area contributed by atoms with Crippen LogP contribution < -0.4 is 0 Å². The molecule has 1 N–H and O–H groups in total. The number of furan rings is 1. The Morgan fingerprint density at radius 1 is 1.00 bits per heavy atom. The van der Waals surface area contributed by atoms with E-state index in [1.807, 2.05) is 19.2 Å². The van der Waals surface area contributed by atoms with Crippen LogP contribution in [-0.2, 0) is 0 Å².